The van der Waals surface area contributed by atoms with Crippen LogP contribution in [0.15, 0.2) is 61.1 Å². The second-order valence-electron chi connectivity index (χ2n) is 7.04. The minimum absolute atomic E-state index is 0.0480. The first kappa shape index (κ1) is 18.9. The zero-order chi connectivity index (χ0) is 20.4. The molecule has 1 N–H and O–H groups in total. The van der Waals surface area contributed by atoms with Crippen molar-refractivity contribution in [2.45, 2.75) is 32.9 Å². The first-order valence-corrected chi connectivity index (χ1v) is 9.52. The summed E-state index contributed by atoms with van der Waals surface area (Å²) in [6.07, 6.45) is 3.82. The predicted octanol–water partition coefficient (Wildman–Crippen LogP) is 3.94. The lowest BCUT2D eigenvalue weighted by molar-refractivity contribution is -0.121. The van der Waals surface area contributed by atoms with Crippen LogP contribution in [0.3, 0.4) is 0 Å². The molecule has 2 aromatic heterocycles. The molecular formula is C22H22FN5O. The Morgan fingerprint density at radius 2 is 2.03 bits per heavy atom. The number of amides is 1. The van der Waals surface area contributed by atoms with E-state index in [9.17, 15) is 9.18 Å². The summed E-state index contributed by atoms with van der Waals surface area (Å²) in [6.45, 7) is 4.39. The van der Waals surface area contributed by atoms with E-state index in [-0.39, 0.29) is 17.8 Å². The van der Waals surface area contributed by atoms with Crippen molar-refractivity contribution in [2.24, 2.45) is 0 Å². The number of carbonyl (C=O) groups is 1. The van der Waals surface area contributed by atoms with E-state index < -0.39 is 0 Å². The van der Waals surface area contributed by atoms with Gasteiger partial charge in [0.1, 0.15) is 5.82 Å². The highest BCUT2D eigenvalue weighted by molar-refractivity contribution is 5.77. The Kier molecular flexibility index (Phi) is 5.12. The molecule has 2 aromatic carbocycles. The summed E-state index contributed by atoms with van der Waals surface area (Å²) in [5.41, 5.74) is 4.35. The molecule has 0 aliphatic rings. The number of nitrogens with zero attached hydrogens (tertiary/aromatic N) is 4. The summed E-state index contributed by atoms with van der Waals surface area (Å²) in [7, 11) is 0. The summed E-state index contributed by atoms with van der Waals surface area (Å²) in [5.74, 6) is -0.361. The van der Waals surface area contributed by atoms with Gasteiger partial charge in [-0.2, -0.15) is 5.10 Å². The van der Waals surface area contributed by atoms with Crippen molar-refractivity contribution in [3.63, 3.8) is 0 Å². The standard InChI is InChI=1S/C22H22FN5O/c1-15(19-13-25-28(16(19)2)18-7-5-6-17(23)12-18)26-22(29)10-11-27-14-24-20-8-3-4-9-21(20)27/h3-9,12-15H,10-11H2,1-2H3,(H,26,29)/t15-/m0/s1. The van der Waals surface area contributed by atoms with E-state index in [1.54, 1.807) is 29.3 Å². The number of carbonyl (C=O) groups excluding carboxylic acids is 1. The van der Waals surface area contributed by atoms with Crippen molar-refractivity contribution in [2.75, 3.05) is 0 Å². The fraction of sp³-hybridized carbons (Fsp3) is 0.227. The fourth-order valence-electron chi connectivity index (χ4n) is 3.52. The van der Waals surface area contributed by atoms with Gasteiger partial charge in [-0.05, 0) is 44.2 Å². The molecule has 0 unspecified atom stereocenters. The molecule has 7 heteroatoms. The van der Waals surface area contributed by atoms with Crippen LogP contribution in [-0.4, -0.2) is 25.2 Å². The summed E-state index contributed by atoms with van der Waals surface area (Å²) in [6, 6.07) is 13.9. The second-order valence-corrected chi connectivity index (χ2v) is 7.04. The van der Waals surface area contributed by atoms with Crippen molar-refractivity contribution < 1.29 is 9.18 Å². The third kappa shape index (κ3) is 3.89. The number of nitrogens with one attached hydrogen (secondary N) is 1. The molecule has 0 aliphatic carbocycles. The van der Waals surface area contributed by atoms with E-state index in [1.807, 2.05) is 42.7 Å². The monoisotopic (exact) mass is 391 g/mol. The van der Waals surface area contributed by atoms with Gasteiger partial charge in [-0.25, -0.2) is 14.1 Å². The minimum Gasteiger partial charge on any atom is -0.349 e. The van der Waals surface area contributed by atoms with Crippen molar-refractivity contribution in [3.8, 4) is 5.69 Å². The fourth-order valence-corrected chi connectivity index (χ4v) is 3.52. The average molecular weight is 391 g/mol. The maximum Gasteiger partial charge on any atom is 0.222 e. The van der Waals surface area contributed by atoms with E-state index >= 15 is 0 Å². The third-order valence-corrected chi connectivity index (χ3v) is 5.05. The Morgan fingerprint density at radius 1 is 1.21 bits per heavy atom. The molecule has 0 radical (unpaired) electrons. The number of rotatable bonds is 6. The first-order chi connectivity index (χ1) is 14.0. The summed E-state index contributed by atoms with van der Waals surface area (Å²) < 4.78 is 17.2. The van der Waals surface area contributed by atoms with Crippen molar-refractivity contribution >= 4 is 16.9 Å². The van der Waals surface area contributed by atoms with E-state index in [4.69, 9.17) is 0 Å². The van der Waals surface area contributed by atoms with Crippen molar-refractivity contribution in [1.29, 1.82) is 0 Å². The Hall–Kier alpha value is -3.48. The molecule has 0 bridgehead atoms. The molecule has 4 aromatic rings. The SMILES string of the molecule is Cc1c([C@H](C)NC(=O)CCn2cnc3ccccc32)cnn1-c1cccc(F)c1. The summed E-state index contributed by atoms with van der Waals surface area (Å²) in [4.78, 5) is 16.8. The molecule has 1 amide bonds. The summed E-state index contributed by atoms with van der Waals surface area (Å²) >= 11 is 0. The lowest BCUT2D eigenvalue weighted by Gasteiger charge is -2.14. The maximum atomic E-state index is 13.5. The van der Waals surface area contributed by atoms with E-state index in [2.05, 4.69) is 15.4 Å². The Labute approximate surface area is 168 Å². The van der Waals surface area contributed by atoms with Crippen LogP contribution in [0.4, 0.5) is 4.39 Å². The number of hydrogen-bond donors (Lipinski definition) is 1. The molecule has 0 spiro atoms. The molecular weight excluding hydrogens is 369 g/mol. The zero-order valence-corrected chi connectivity index (χ0v) is 16.3. The number of para-hydroxylation sites is 2. The number of benzene rings is 2. The van der Waals surface area contributed by atoms with Gasteiger partial charge < -0.3 is 9.88 Å². The molecule has 2 heterocycles. The molecule has 29 heavy (non-hydrogen) atoms. The number of hydrogen-bond acceptors (Lipinski definition) is 3. The number of halogens is 1. The molecule has 0 aliphatic heterocycles. The van der Waals surface area contributed by atoms with E-state index in [0.717, 1.165) is 22.3 Å². The van der Waals surface area contributed by atoms with Gasteiger partial charge >= 0.3 is 0 Å². The van der Waals surface area contributed by atoms with Gasteiger partial charge in [-0.1, -0.05) is 18.2 Å². The topological polar surface area (TPSA) is 64.7 Å². The van der Waals surface area contributed by atoms with Gasteiger partial charge in [0.25, 0.3) is 0 Å². The van der Waals surface area contributed by atoms with Crippen molar-refractivity contribution in [3.05, 3.63) is 78.1 Å². The van der Waals surface area contributed by atoms with Crippen LogP contribution in [0.5, 0.6) is 0 Å². The lowest BCUT2D eigenvalue weighted by atomic mass is 10.1. The molecule has 4 rings (SSSR count). The van der Waals surface area contributed by atoms with Crippen LogP contribution in [0.1, 0.15) is 30.6 Å². The maximum absolute atomic E-state index is 13.5. The van der Waals surface area contributed by atoms with Crippen molar-refractivity contribution in [1.82, 2.24) is 24.6 Å². The lowest BCUT2D eigenvalue weighted by Crippen LogP contribution is -2.27. The molecule has 0 saturated carbocycles. The van der Waals surface area contributed by atoms with Gasteiger partial charge in [0.15, 0.2) is 0 Å². The Balaban J connectivity index is 1.41. The van der Waals surface area contributed by atoms with Gasteiger partial charge in [-0.15, -0.1) is 0 Å². The van der Waals surface area contributed by atoms with Crippen LogP contribution in [0, 0.1) is 12.7 Å². The van der Waals surface area contributed by atoms with Gasteiger partial charge in [0, 0.05) is 24.2 Å². The zero-order valence-electron chi connectivity index (χ0n) is 16.3. The highest BCUT2D eigenvalue weighted by Gasteiger charge is 2.16. The highest BCUT2D eigenvalue weighted by Crippen LogP contribution is 2.21. The molecule has 1 atom stereocenters. The van der Waals surface area contributed by atoms with Crippen LogP contribution in [0.25, 0.3) is 16.7 Å². The van der Waals surface area contributed by atoms with Crippen LogP contribution >= 0.6 is 0 Å². The smallest absolute Gasteiger partial charge is 0.222 e. The van der Waals surface area contributed by atoms with Crippen LogP contribution in [-0.2, 0) is 11.3 Å². The highest BCUT2D eigenvalue weighted by atomic mass is 19.1. The third-order valence-electron chi connectivity index (χ3n) is 5.05. The van der Waals surface area contributed by atoms with Gasteiger partial charge in [0.05, 0.1) is 35.3 Å². The number of fused-ring (bicyclic) bond motifs is 1. The number of imidazole rings is 1. The average Bonchev–Trinajstić information content (AvgIpc) is 3.30. The Morgan fingerprint density at radius 3 is 2.86 bits per heavy atom. The predicted molar refractivity (Wildman–Crippen MR) is 109 cm³/mol. The second kappa shape index (κ2) is 7.87. The van der Waals surface area contributed by atoms with E-state index in [0.29, 0.717) is 18.7 Å². The van der Waals surface area contributed by atoms with Gasteiger partial charge in [0.2, 0.25) is 5.91 Å². The van der Waals surface area contributed by atoms with Crippen LogP contribution in [0.2, 0.25) is 0 Å². The first-order valence-electron chi connectivity index (χ1n) is 9.52. The van der Waals surface area contributed by atoms with Gasteiger partial charge in [-0.3, -0.25) is 4.79 Å². The minimum atomic E-state index is -0.313. The number of aromatic nitrogens is 4. The van der Waals surface area contributed by atoms with E-state index in [1.165, 1.54) is 12.1 Å². The molecule has 6 nitrogen and oxygen atoms in total. The molecule has 0 saturated heterocycles. The number of aryl methyl sites for hydroxylation is 1. The van der Waals surface area contributed by atoms with Crippen LogP contribution < -0.4 is 5.32 Å². The normalized spacial score (nSPS) is 12.2. The largest absolute Gasteiger partial charge is 0.349 e. The Bertz CT molecular complexity index is 1160. The summed E-state index contributed by atoms with van der Waals surface area (Å²) in [5, 5.41) is 7.39. The molecule has 0 fully saturated rings. The quantitative estimate of drug-likeness (QED) is 0.542. The molecule has 148 valence electrons.